The zero-order valence-electron chi connectivity index (χ0n) is 13.3. The van der Waals surface area contributed by atoms with E-state index in [1.54, 1.807) is 0 Å². The van der Waals surface area contributed by atoms with Crippen LogP contribution in [0.15, 0.2) is 24.3 Å². The number of nitrogens with one attached hydrogen (secondary N) is 2. The summed E-state index contributed by atoms with van der Waals surface area (Å²) in [6, 6.07) is 6.76. The highest BCUT2D eigenvalue weighted by atomic mass is 19.1. The molecule has 23 heavy (non-hydrogen) atoms. The summed E-state index contributed by atoms with van der Waals surface area (Å²) in [4.78, 5) is 8.78. The average molecular weight is 315 g/mol. The van der Waals surface area contributed by atoms with E-state index >= 15 is 0 Å². The van der Waals surface area contributed by atoms with Crippen LogP contribution >= 0.6 is 0 Å². The predicted octanol–water partition coefficient (Wildman–Crippen LogP) is 2.10. The molecule has 1 aliphatic rings. The van der Waals surface area contributed by atoms with Crippen molar-refractivity contribution in [1.29, 1.82) is 0 Å². The summed E-state index contributed by atoms with van der Waals surface area (Å²) < 4.78 is 13.1. The fourth-order valence-corrected chi connectivity index (χ4v) is 3.11. The van der Waals surface area contributed by atoms with Gasteiger partial charge in [0.25, 0.3) is 0 Å². The minimum Gasteiger partial charge on any atom is -0.368 e. The first-order valence-corrected chi connectivity index (χ1v) is 7.96. The molecule has 1 heterocycles. The summed E-state index contributed by atoms with van der Waals surface area (Å²) in [5, 5.41) is 6.43. The molecule has 0 fully saturated rings. The topological polar surface area (TPSA) is 75.9 Å². The van der Waals surface area contributed by atoms with Crippen molar-refractivity contribution < 1.29 is 4.39 Å². The number of hydrogen-bond donors (Lipinski definition) is 3. The Balaban J connectivity index is 1.81. The van der Waals surface area contributed by atoms with E-state index < -0.39 is 0 Å². The van der Waals surface area contributed by atoms with Crippen LogP contribution in [-0.4, -0.2) is 30.1 Å². The highest BCUT2D eigenvalue weighted by molar-refractivity contribution is 5.51. The third kappa shape index (κ3) is 3.59. The summed E-state index contributed by atoms with van der Waals surface area (Å²) in [7, 11) is 1.92. The Labute approximate surface area is 135 Å². The minimum absolute atomic E-state index is 0.201. The molecule has 6 heteroatoms. The Kier molecular flexibility index (Phi) is 4.71. The highest BCUT2D eigenvalue weighted by Crippen LogP contribution is 2.34. The second-order valence-electron chi connectivity index (χ2n) is 5.88. The van der Waals surface area contributed by atoms with Crippen molar-refractivity contribution in [1.82, 2.24) is 15.3 Å². The smallest absolute Gasteiger partial charge is 0.222 e. The molecule has 0 radical (unpaired) electrons. The first-order valence-electron chi connectivity index (χ1n) is 7.96. The first kappa shape index (κ1) is 15.7. The van der Waals surface area contributed by atoms with Gasteiger partial charge in [0.1, 0.15) is 11.6 Å². The van der Waals surface area contributed by atoms with E-state index in [1.807, 2.05) is 19.2 Å². The average Bonchev–Trinajstić information content (AvgIpc) is 2.55. The van der Waals surface area contributed by atoms with Gasteiger partial charge < -0.3 is 16.4 Å². The first-order chi connectivity index (χ1) is 11.2. The van der Waals surface area contributed by atoms with E-state index in [0.717, 1.165) is 55.0 Å². The number of anilines is 2. The summed E-state index contributed by atoms with van der Waals surface area (Å²) >= 11 is 0. The Bertz CT molecular complexity index is 671. The molecule has 0 amide bonds. The second-order valence-corrected chi connectivity index (χ2v) is 5.88. The van der Waals surface area contributed by atoms with Crippen molar-refractivity contribution in [3.63, 3.8) is 0 Å². The van der Waals surface area contributed by atoms with Crippen molar-refractivity contribution >= 4 is 11.8 Å². The van der Waals surface area contributed by atoms with Gasteiger partial charge in [-0.1, -0.05) is 12.1 Å². The molecule has 1 atom stereocenters. The molecule has 0 saturated heterocycles. The van der Waals surface area contributed by atoms with E-state index in [1.165, 1.54) is 12.1 Å². The van der Waals surface area contributed by atoms with Crippen LogP contribution in [0, 0.1) is 5.82 Å². The van der Waals surface area contributed by atoms with Crippen molar-refractivity contribution in [2.24, 2.45) is 0 Å². The molecule has 4 N–H and O–H groups in total. The number of nitrogens with two attached hydrogens (primary N) is 1. The lowest BCUT2D eigenvalue weighted by molar-refractivity contribution is 0.568. The molecule has 2 aromatic rings. The van der Waals surface area contributed by atoms with E-state index in [0.29, 0.717) is 11.9 Å². The van der Waals surface area contributed by atoms with Crippen molar-refractivity contribution in [2.75, 3.05) is 31.2 Å². The van der Waals surface area contributed by atoms with Gasteiger partial charge in [0, 0.05) is 18.7 Å². The monoisotopic (exact) mass is 315 g/mol. The van der Waals surface area contributed by atoms with Gasteiger partial charge in [-0.3, -0.25) is 0 Å². The van der Waals surface area contributed by atoms with Crippen molar-refractivity contribution in [3.8, 4) is 0 Å². The van der Waals surface area contributed by atoms with Gasteiger partial charge in [0.05, 0.1) is 5.69 Å². The maximum Gasteiger partial charge on any atom is 0.222 e. The number of nitrogens with zero attached hydrogens (tertiary/aromatic N) is 2. The summed E-state index contributed by atoms with van der Waals surface area (Å²) in [5.74, 6) is 1.30. The maximum absolute atomic E-state index is 13.1. The van der Waals surface area contributed by atoms with Crippen LogP contribution < -0.4 is 16.4 Å². The lowest BCUT2D eigenvalue weighted by Crippen LogP contribution is -2.22. The molecule has 0 spiro atoms. The SMILES string of the molecule is CNCCNc1nc(N)nc2c1CCC(c1ccc(F)cc1)C2. The molecule has 1 aromatic carbocycles. The lowest BCUT2D eigenvalue weighted by atomic mass is 9.82. The van der Waals surface area contributed by atoms with E-state index in [4.69, 9.17) is 5.73 Å². The van der Waals surface area contributed by atoms with Gasteiger partial charge in [-0.15, -0.1) is 0 Å². The lowest BCUT2D eigenvalue weighted by Gasteiger charge is -2.26. The van der Waals surface area contributed by atoms with Gasteiger partial charge in [-0.2, -0.15) is 4.98 Å². The Hall–Kier alpha value is -2.21. The number of likely N-dealkylation sites (N-methyl/N-ethyl adjacent to an activating group) is 1. The normalized spacial score (nSPS) is 16.9. The van der Waals surface area contributed by atoms with Crippen LogP contribution in [0.4, 0.5) is 16.2 Å². The molecule has 1 unspecified atom stereocenters. The number of benzene rings is 1. The van der Waals surface area contributed by atoms with E-state index in [9.17, 15) is 4.39 Å². The molecule has 3 rings (SSSR count). The molecule has 0 bridgehead atoms. The van der Waals surface area contributed by atoms with Crippen LogP contribution in [-0.2, 0) is 12.8 Å². The number of fused-ring (bicyclic) bond motifs is 1. The quantitative estimate of drug-likeness (QED) is 0.737. The third-order valence-corrected chi connectivity index (χ3v) is 4.30. The summed E-state index contributed by atoms with van der Waals surface area (Å²) in [5.41, 5.74) is 9.18. The van der Waals surface area contributed by atoms with Crippen LogP contribution in [0.5, 0.6) is 0 Å². The number of aromatic nitrogens is 2. The molecule has 1 aromatic heterocycles. The van der Waals surface area contributed by atoms with Gasteiger partial charge >= 0.3 is 0 Å². The molecule has 122 valence electrons. The fourth-order valence-electron chi connectivity index (χ4n) is 3.11. The zero-order valence-corrected chi connectivity index (χ0v) is 13.3. The molecule has 5 nitrogen and oxygen atoms in total. The summed E-state index contributed by atoms with van der Waals surface area (Å²) in [6.07, 6.45) is 2.72. The second kappa shape index (κ2) is 6.91. The van der Waals surface area contributed by atoms with Crippen molar-refractivity contribution in [2.45, 2.75) is 25.2 Å². The van der Waals surface area contributed by atoms with Gasteiger partial charge in [-0.25, -0.2) is 9.37 Å². The third-order valence-electron chi connectivity index (χ3n) is 4.30. The standard InChI is InChI=1S/C17H22FN5/c1-20-8-9-21-16-14-7-4-12(10-15(14)22-17(19)23-16)11-2-5-13(18)6-3-11/h2-3,5-6,12,20H,4,7-10H2,1H3,(H3,19,21,22,23). The molecular formula is C17H22FN5. The van der Waals surface area contributed by atoms with Crippen LogP contribution in [0.25, 0.3) is 0 Å². The van der Waals surface area contributed by atoms with E-state index in [2.05, 4.69) is 20.6 Å². The van der Waals surface area contributed by atoms with Crippen LogP contribution in [0.2, 0.25) is 0 Å². The molecular weight excluding hydrogens is 293 g/mol. The Morgan fingerprint density at radius 2 is 2.00 bits per heavy atom. The minimum atomic E-state index is -0.201. The van der Waals surface area contributed by atoms with Crippen LogP contribution in [0.1, 0.15) is 29.2 Å². The number of rotatable bonds is 5. The van der Waals surface area contributed by atoms with Gasteiger partial charge in [-0.05, 0) is 49.9 Å². The summed E-state index contributed by atoms with van der Waals surface area (Å²) in [6.45, 7) is 1.65. The predicted molar refractivity (Wildman–Crippen MR) is 90.0 cm³/mol. The fraction of sp³-hybridized carbons (Fsp3) is 0.412. The number of halogens is 1. The molecule has 1 aliphatic carbocycles. The number of hydrogen-bond acceptors (Lipinski definition) is 5. The highest BCUT2D eigenvalue weighted by Gasteiger charge is 2.24. The van der Waals surface area contributed by atoms with E-state index in [-0.39, 0.29) is 5.82 Å². The van der Waals surface area contributed by atoms with Crippen molar-refractivity contribution in [3.05, 3.63) is 46.9 Å². The van der Waals surface area contributed by atoms with Crippen LogP contribution in [0.3, 0.4) is 0 Å². The van der Waals surface area contributed by atoms with Gasteiger partial charge in [0.2, 0.25) is 5.95 Å². The molecule has 0 aliphatic heterocycles. The Morgan fingerprint density at radius 3 is 2.74 bits per heavy atom. The number of nitrogen functional groups attached to an aromatic ring is 1. The van der Waals surface area contributed by atoms with Gasteiger partial charge in [0.15, 0.2) is 0 Å². The molecule has 0 saturated carbocycles. The zero-order chi connectivity index (χ0) is 16.2. The largest absolute Gasteiger partial charge is 0.368 e. The Morgan fingerprint density at radius 1 is 1.22 bits per heavy atom. The maximum atomic E-state index is 13.1.